The van der Waals surface area contributed by atoms with Crippen molar-refractivity contribution in [1.29, 1.82) is 0 Å². The fourth-order valence-electron chi connectivity index (χ4n) is 4.57. The maximum Gasteiger partial charge on any atom is 0.312 e. The van der Waals surface area contributed by atoms with Gasteiger partial charge < -0.3 is 9.47 Å². The van der Waals surface area contributed by atoms with Crippen LogP contribution in [0.15, 0.2) is 30.3 Å². The Balaban J connectivity index is 2.17. The van der Waals surface area contributed by atoms with Gasteiger partial charge in [0.2, 0.25) is 0 Å². The van der Waals surface area contributed by atoms with E-state index in [1.165, 1.54) is 29.0 Å². The van der Waals surface area contributed by atoms with Gasteiger partial charge in [0, 0.05) is 5.92 Å². The predicted molar refractivity (Wildman–Crippen MR) is 96.6 cm³/mol. The number of methoxy groups -OCH3 is 2. The van der Waals surface area contributed by atoms with Crippen molar-refractivity contribution in [3.05, 3.63) is 41.5 Å². The van der Waals surface area contributed by atoms with Crippen LogP contribution in [0, 0.1) is 5.41 Å². The van der Waals surface area contributed by atoms with Gasteiger partial charge in [-0.2, -0.15) is 0 Å². The number of esters is 1. The van der Waals surface area contributed by atoms with Crippen molar-refractivity contribution >= 4 is 16.7 Å². The summed E-state index contributed by atoms with van der Waals surface area (Å²) in [4.78, 5) is 12.6. The highest BCUT2D eigenvalue weighted by Crippen LogP contribution is 2.51. The molecule has 0 amide bonds. The molecule has 1 aliphatic carbocycles. The summed E-state index contributed by atoms with van der Waals surface area (Å²) in [6.45, 7) is 4.28. The van der Waals surface area contributed by atoms with Crippen LogP contribution in [0.1, 0.15) is 50.2 Å². The van der Waals surface area contributed by atoms with Gasteiger partial charge in [0.05, 0.1) is 19.6 Å². The monoisotopic (exact) mass is 326 g/mol. The number of fused-ring (bicyclic) bond motifs is 3. The molecule has 0 N–H and O–H groups in total. The molecule has 0 heterocycles. The van der Waals surface area contributed by atoms with Crippen LogP contribution in [0.5, 0.6) is 5.75 Å². The van der Waals surface area contributed by atoms with Gasteiger partial charge in [-0.1, -0.05) is 32.0 Å². The maximum atomic E-state index is 12.6. The normalized spacial score (nSPS) is 22.9. The molecule has 2 aromatic carbocycles. The zero-order chi connectivity index (χ0) is 17.3. The minimum Gasteiger partial charge on any atom is -0.497 e. The van der Waals surface area contributed by atoms with E-state index in [9.17, 15) is 4.79 Å². The highest BCUT2D eigenvalue weighted by atomic mass is 16.5. The van der Waals surface area contributed by atoms with E-state index in [1.807, 2.05) is 6.07 Å². The number of hydrogen-bond acceptors (Lipinski definition) is 3. The number of rotatable bonds is 4. The van der Waals surface area contributed by atoms with Crippen LogP contribution < -0.4 is 4.74 Å². The lowest BCUT2D eigenvalue weighted by Gasteiger charge is -2.42. The largest absolute Gasteiger partial charge is 0.497 e. The molecule has 0 aliphatic heterocycles. The molecular weight excluding hydrogens is 300 g/mol. The molecule has 3 nitrogen and oxygen atoms in total. The lowest BCUT2D eigenvalue weighted by Crippen LogP contribution is -2.41. The predicted octanol–water partition coefficient (Wildman–Crippen LogP) is 4.86. The molecule has 0 spiro atoms. The molecule has 0 saturated carbocycles. The van der Waals surface area contributed by atoms with Gasteiger partial charge in [-0.05, 0) is 59.7 Å². The summed E-state index contributed by atoms with van der Waals surface area (Å²) in [5.41, 5.74) is 2.31. The second-order valence-corrected chi connectivity index (χ2v) is 6.68. The fraction of sp³-hybridized carbons (Fsp3) is 0.476. The third-order valence-electron chi connectivity index (χ3n) is 5.87. The number of hydrogen-bond donors (Lipinski definition) is 0. The second kappa shape index (κ2) is 6.46. The Kier molecular flexibility index (Phi) is 4.53. The van der Waals surface area contributed by atoms with Gasteiger partial charge in [-0.3, -0.25) is 4.79 Å². The highest BCUT2D eigenvalue weighted by molar-refractivity contribution is 5.89. The summed E-state index contributed by atoms with van der Waals surface area (Å²) in [7, 11) is 3.20. The van der Waals surface area contributed by atoms with Crippen LogP contribution >= 0.6 is 0 Å². The molecule has 2 atom stereocenters. The summed E-state index contributed by atoms with van der Waals surface area (Å²) in [5, 5.41) is 2.48. The fourth-order valence-corrected chi connectivity index (χ4v) is 4.57. The van der Waals surface area contributed by atoms with Gasteiger partial charge in [-0.25, -0.2) is 0 Å². The first-order valence-corrected chi connectivity index (χ1v) is 8.79. The average molecular weight is 326 g/mol. The van der Waals surface area contributed by atoms with Crippen LogP contribution in [-0.4, -0.2) is 20.2 Å². The highest BCUT2D eigenvalue weighted by Gasteiger charge is 2.48. The average Bonchev–Trinajstić information content (AvgIpc) is 2.65. The lowest BCUT2D eigenvalue weighted by molar-refractivity contribution is -0.155. The van der Waals surface area contributed by atoms with Crippen molar-refractivity contribution in [2.75, 3.05) is 14.2 Å². The lowest BCUT2D eigenvalue weighted by atomic mass is 9.61. The first-order valence-electron chi connectivity index (χ1n) is 8.79. The zero-order valence-corrected chi connectivity index (χ0v) is 15.0. The minimum atomic E-state index is -0.392. The molecule has 0 saturated heterocycles. The Morgan fingerprint density at radius 2 is 2.00 bits per heavy atom. The molecule has 0 fully saturated rings. The van der Waals surface area contributed by atoms with Gasteiger partial charge in [0.1, 0.15) is 5.75 Å². The molecule has 0 bridgehead atoms. The van der Waals surface area contributed by atoms with Gasteiger partial charge in [0.25, 0.3) is 0 Å². The molecule has 3 rings (SSSR count). The Morgan fingerprint density at radius 1 is 1.21 bits per heavy atom. The molecule has 0 radical (unpaired) electrons. The molecule has 24 heavy (non-hydrogen) atoms. The van der Waals surface area contributed by atoms with E-state index in [2.05, 4.69) is 38.1 Å². The number of carbonyl (C=O) groups is 1. The summed E-state index contributed by atoms with van der Waals surface area (Å²) >= 11 is 0. The second-order valence-electron chi connectivity index (χ2n) is 6.68. The number of carbonyl (C=O) groups excluding carboxylic acids is 1. The maximum absolute atomic E-state index is 12.6. The molecular formula is C21H26O3. The number of ether oxygens (including phenoxy) is 2. The van der Waals surface area contributed by atoms with Crippen molar-refractivity contribution < 1.29 is 14.3 Å². The van der Waals surface area contributed by atoms with Crippen molar-refractivity contribution in [3.63, 3.8) is 0 Å². The van der Waals surface area contributed by atoms with Crippen molar-refractivity contribution in [2.24, 2.45) is 5.41 Å². The third kappa shape index (κ3) is 2.38. The summed E-state index contributed by atoms with van der Waals surface area (Å²) in [6.07, 6.45) is 3.53. The van der Waals surface area contributed by atoms with E-state index < -0.39 is 5.41 Å². The van der Waals surface area contributed by atoms with Crippen molar-refractivity contribution in [2.45, 2.75) is 45.4 Å². The van der Waals surface area contributed by atoms with Gasteiger partial charge in [0.15, 0.2) is 0 Å². The molecule has 1 aliphatic rings. The summed E-state index contributed by atoms with van der Waals surface area (Å²) < 4.78 is 10.5. The topological polar surface area (TPSA) is 35.5 Å². The van der Waals surface area contributed by atoms with Crippen LogP contribution in [0.25, 0.3) is 10.8 Å². The van der Waals surface area contributed by atoms with E-state index in [0.29, 0.717) is 0 Å². The third-order valence-corrected chi connectivity index (χ3v) is 5.87. The molecule has 2 aromatic rings. The molecule has 3 heteroatoms. The van der Waals surface area contributed by atoms with E-state index >= 15 is 0 Å². The molecule has 128 valence electrons. The van der Waals surface area contributed by atoms with Crippen LogP contribution in [0.4, 0.5) is 0 Å². The quantitative estimate of drug-likeness (QED) is 0.753. The summed E-state index contributed by atoms with van der Waals surface area (Å²) in [5.74, 6) is 1.03. The van der Waals surface area contributed by atoms with E-state index in [0.717, 1.165) is 31.4 Å². The molecule has 0 aromatic heterocycles. The Hall–Kier alpha value is -2.03. The first kappa shape index (κ1) is 16.8. The Bertz CT molecular complexity index is 765. The van der Waals surface area contributed by atoms with Crippen LogP contribution in [-0.2, 0) is 16.0 Å². The van der Waals surface area contributed by atoms with Gasteiger partial charge >= 0.3 is 5.97 Å². The Morgan fingerprint density at radius 3 is 2.62 bits per heavy atom. The smallest absolute Gasteiger partial charge is 0.312 e. The van der Waals surface area contributed by atoms with Gasteiger partial charge in [-0.15, -0.1) is 0 Å². The van der Waals surface area contributed by atoms with E-state index in [-0.39, 0.29) is 11.9 Å². The number of benzene rings is 2. The van der Waals surface area contributed by atoms with E-state index in [1.54, 1.807) is 7.11 Å². The minimum absolute atomic E-state index is 0.0580. The number of aryl methyl sites for hydroxylation is 1. The molecule has 2 unspecified atom stereocenters. The first-order chi connectivity index (χ1) is 11.6. The van der Waals surface area contributed by atoms with E-state index in [4.69, 9.17) is 9.47 Å². The Labute approximate surface area is 144 Å². The zero-order valence-electron chi connectivity index (χ0n) is 15.0. The van der Waals surface area contributed by atoms with Crippen molar-refractivity contribution in [1.82, 2.24) is 0 Å². The SMILES string of the molecule is CCC1c2ccc3cc(OC)ccc3c2CCC1(CC)C(=O)OC. The standard InChI is InChI=1S/C21H26O3/c1-5-19-18-9-7-14-13-15(23-3)8-10-16(14)17(18)11-12-21(19,6-2)20(22)24-4/h7-10,13,19H,5-6,11-12H2,1-4H3. The van der Waals surface area contributed by atoms with Crippen LogP contribution in [0.3, 0.4) is 0 Å². The van der Waals surface area contributed by atoms with Crippen LogP contribution in [0.2, 0.25) is 0 Å². The van der Waals surface area contributed by atoms with Crippen molar-refractivity contribution in [3.8, 4) is 5.75 Å². The summed E-state index contributed by atoms with van der Waals surface area (Å²) in [6, 6.07) is 10.6.